The average molecular weight is 289 g/mol. The number of carbonyl (C=O) groups is 1. The summed E-state index contributed by atoms with van der Waals surface area (Å²) in [6.07, 6.45) is 3.58. The zero-order valence-electron chi connectivity index (χ0n) is 10.0. The van der Waals surface area contributed by atoms with Crippen LogP contribution in [0.2, 0.25) is 0 Å². The van der Waals surface area contributed by atoms with Gasteiger partial charge in [-0.15, -0.1) is 0 Å². The fourth-order valence-corrected chi connectivity index (χ4v) is 2.95. The Bertz CT molecular complexity index is 385. The number of carbonyl (C=O) groups excluding carboxylic acids is 1. The van der Waals surface area contributed by atoms with E-state index in [-0.39, 0.29) is 5.91 Å². The molecule has 0 radical (unpaired) electrons. The van der Waals surface area contributed by atoms with Gasteiger partial charge in [-0.1, -0.05) is 27.7 Å². The van der Waals surface area contributed by atoms with Crippen molar-refractivity contribution in [2.24, 2.45) is 0 Å². The van der Waals surface area contributed by atoms with Crippen molar-refractivity contribution < 1.29 is 9.35 Å². The maximum absolute atomic E-state index is 12.0. The summed E-state index contributed by atoms with van der Waals surface area (Å²) in [7, 11) is 5.00. The molecular formula is C11H15NO2S3. The van der Waals surface area contributed by atoms with Crippen molar-refractivity contribution >= 4 is 38.7 Å². The molecular weight excluding hydrogens is 274 g/mol. The molecule has 0 aliphatic carbocycles. The normalized spacial score (nSPS) is 12.2. The van der Waals surface area contributed by atoms with Crippen LogP contribution in [0.15, 0.2) is 29.2 Å². The molecule has 0 saturated carbocycles. The molecule has 17 heavy (non-hydrogen) atoms. The van der Waals surface area contributed by atoms with Gasteiger partial charge < -0.3 is 9.45 Å². The van der Waals surface area contributed by atoms with Gasteiger partial charge in [0, 0.05) is 18.7 Å². The lowest BCUT2D eigenvalue weighted by molar-refractivity contribution is 0.0820. The van der Waals surface area contributed by atoms with Crippen LogP contribution in [0.1, 0.15) is 10.4 Å². The van der Waals surface area contributed by atoms with Crippen molar-refractivity contribution in [3.8, 4) is 0 Å². The van der Waals surface area contributed by atoms with Gasteiger partial charge in [0.2, 0.25) is 0 Å². The van der Waals surface area contributed by atoms with Gasteiger partial charge in [-0.25, -0.2) is 0 Å². The van der Waals surface area contributed by atoms with Crippen molar-refractivity contribution in [3.05, 3.63) is 29.8 Å². The molecule has 1 unspecified atom stereocenters. The van der Waals surface area contributed by atoms with Gasteiger partial charge in [-0.05, 0) is 29.6 Å². The minimum Gasteiger partial charge on any atom is -0.612 e. The lowest BCUT2D eigenvalue weighted by Gasteiger charge is -2.16. The highest BCUT2D eigenvalue weighted by molar-refractivity contribution is 8.76. The predicted octanol–water partition coefficient (Wildman–Crippen LogP) is 2.46. The average Bonchev–Trinajstić information content (AvgIpc) is 2.35. The lowest BCUT2D eigenvalue weighted by Crippen LogP contribution is -2.26. The molecule has 0 bridgehead atoms. The molecule has 0 aromatic heterocycles. The molecule has 0 heterocycles. The summed E-state index contributed by atoms with van der Waals surface area (Å²) in [5, 5.41) is 0. The molecule has 3 nitrogen and oxygen atoms in total. The SMILES string of the molecule is CSSCN(C)C(=O)c1cccc([S+](C)[O-])c1. The van der Waals surface area contributed by atoms with Crippen LogP contribution < -0.4 is 0 Å². The first-order valence-corrected chi connectivity index (χ1v) is 9.19. The Labute approximate surface area is 113 Å². The zero-order chi connectivity index (χ0) is 12.8. The van der Waals surface area contributed by atoms with Crippen molar-refractivity contribution in [2.45, 2.75) is 4.90 Å². The molecule has 0 aliphatic heterocycles. The highest BCUT2D eigenvalue weighted by Gasteiger charge is 2.14. The molecule has 0 N–H and O–H groups in total. The third-order valence-electron chi connectivity index (χ3n) is 2.12. The predicted molar refractivity (Wildman–Crippen MR) is 76.8 cm³/mol. The second kappa shape index (κ2) is 7.20. The van der Waals surface area contributed by atoms with Crippen molar-refractivity contribution in [1.29, 1.82) is 0 Å². The third kappa shape index (κ3) is 4.46. The van der Waals surface area contributed by atoms with Crippen LogP contribution in [0.25, 0.3) is 0 Å². The van der Waals surface area contributed by atoms with E-state index in [9.17, 15) is 9.35 Å². The highest BCUT2D eigenvalue weighted by Crippen LogP contribution is 2.19. The van der Waals surface area contributed by atoms with E-state index in [0.29, 0.717) is 16.3 Å². The molecule has 1 atom stereocenters. The van der Waals surface area contributed by atoms with Gasteiger partial charge in [0.15, 0.2) is 4.90 Å². The van der Waals surface area contributed by atoms with Crippen molar-refractivity contribution in [3.63, 3.8) is 0 Å². The van der Waals surface area contributed by atoms with E-state index in [1.54, 1.807) is 64.1 Å². The van der Waals surface area contributed by atoms with Crippen molar-refractivity contribution in [1.82, 2.24) is 4.90 Å². The number of nitrogens with zero attached hydrogens (tertiary/aromatic N) is 1. The van der Waals surface area contributed by atoms with Gasteiger partial charge >= 0.3 is 0 Å². The molecule has 1 amide bonds. The van der Waals surface area contributed by atoms with Gasteiger partial charge in [0.05, 0.1) is 5.88 Å². The molecule has 6 heteroatoms. The largest absolute Gasteiger partial charge is 0.612 e. The Hall–Kier alpha value is -0.300. The van der Waals surface area contributed by atoms with E-state index in [1.165, 1.54) is 0 Å². The van der Waals surface area contributed by atoms with Crippen LogP contribution >= 0.6 is 21.6 Å². The molecule has 0 fully saturated rings. The molecule has 0 aliphatic rings. The van der Waals surface area contributed by atoms with Crippen LogP contribution in [0.3, 0.4) is 0 Å². The van der Waals surface area contributed by atoms with Gasteiger partial charge in [-0.3, -0.25) is 4.79 Å². The smallest absolute Gasteiger partial charge is 0.254 e. The number of hydrogen-bond acceptors (Lipinski definition) is 4. The fraction of sp³-hybridized carbons (Fsp3) is 0.364. The third-order valence-corrected chi connectivity index (χ3v) is 4.79. The van der Waals surface area contributed by atoms with E-state index in [4.69, 9.17) is 0 Å². The Kier molecular flexibility index (Phi) is 6.26. The standard InChI is InChI=1S/C11H15NO2S3/c1-12(8-16-15-2)11(13)9-5-4-6-10(7-9)17(3)14/h4-7H,8H2,1-3H3. The maximum atomic E-state index is 12.0. The van der Waals surface area contributed by atoms with Gasteiger partial charge in [0.25, 0.3) is 5.91 Å². The summed E-state index contributed by atoms with van der Waals surface area (Å²) in [6, 6.07) is 6.97. The summed E-state index contributed by atoms with van der Waals surface area (Å²) in [5.74, 6) is 0.596. The maximum Gasteiger partial charge on any atom is 0.254 e. The van der Waals surface area contributed by atoms with E-state index >= 15 is 0 Å². The van der Waals surface area contributed by atoms with E-state index in [0.717, 1.165) is 0 Å². The summed E-state index contributed by atoms with van der Waals surface area (Å²) in [5.41, 5.74) is 0.585. The second-order valence-corrected chi connectivity index (χ2v) is 7.31. The number of rotatable bonds is 5. The Morgan fingerprint density at radius 1 is 1.53 bits per heavy atom. The Morgan fingerprint density at radius 2 is 2.24 bits per heavy atom. The van der Waals surface area contributed by atoms with E-state index < -0.39 is 11.2 Å². The first-order chi connectivity index (χ1) is 8.06. The Morgan fingerprint density at radius 3 is 2.82 bits per heavy atom. The van der Waals surface area contributed by atoms with Crippen LogP contribution in [-0.4, -0.2) is 40.8 Å². The second-order valence-electron chi connectivity index (χ2n) is 3.40. The first-order valence-electron chi connectivity index (χ1n) is 4.91. The van der Waals surface area contributed by atoms with Crippen LogP contribution in [0.4, 0.5) is 0 Å². The van der Waals surface area contributed by atoms with Crippen LogP contribution in [-0.2, 0) is 11.2 Å². The molecule has 1 rings (SSSR count). The molecule has 1 aromatic rings. The summed E-state index contributed by atoms with van der Waals surface area (Å²) in [4.78, 5) is 14.4. The van der Waals surface area contributed by atoms with Crippen molar-refractivity contribution in [2.75, 3.05) is 25.4 Å². The summed E-state index contributed by atoms with van der Waals surface area (Å²) >= 11 is -1.05. The molecule has 0 saturated heterocycles. The zero-order valence-corrected chi connectivity index (χ0v) is 12.5. The fourth-order valence-electron chi connectivity index (χ4n) is 1.22. The number of hydrogen-bond donors (Lipinski definition) is 0. The number of amides is 1. The topological polar surface area (TPSA) is 43.4 Å². The molecule has 94 valence electrons. The van der Waals surface area contributed by atoms with Crippen LogP contribution in [0.5, 0.6) is 0 Å². The number of benzene rings is 1. The Balaban J connectivity index is 2.78. The lowest BCUT2D eigenvalue weighted by atomic mass is 10.2. The molecule has 1 aromatic carbocycles. The monoisotopic (exact) mass is 289 g/mol. The summed E-state index contributed by atoms with van der Waals surface area (Å²) in [6.45, 7) is 0. The van der Waals surface area contributed by atoms with E-state index in [2.05, 4.69) is 0 Å². The highest BCUT2D eigenvalue weighted by atomic mass is 33.1. The first kappa shape index (κ1) is 14.8. The summed E-state index contributed by atoms with van der Waals surface area (Å²) < 4.78 is 11.3. The van der Waals surface area contributed by atoms with Crippen LogP contribution in [0, 0.1) is 0 Å². The van der Waals surface area contributed by atoms with Gasteiger partial charge in [0.1, 0.15) is 6.26 Å². The van der Waals surface area contributed by atoms with Gasteiger partial charge in [-0.2, -0.15) is 0 Å². The minimum absolute atomic E-state index is 0.0427. The quantitative estimate of drug-likeness (QED) is 0.474. The van der Waals surface area contributed by atoms with E-state index in [1.807, 2.05) is 6.26 Å². The molecule has 0 spiro atoms. The minimum atomic E-state index is -1.05.